The maximum atomic E-state index is 11.7. The number of carbonyl (C=O) groups excluding carboxylic acids is 2. The summed E-state index contributed by atoms with van der Waals surface area (Å²) in [5, 5.41) is 2.96. The van der Waals surface area contributed by atoms with Crippen LogP contribution in [0.2, 0.25) is 0 Å². The summed E-state index contributed by atoms with van der Waals surface area (Å²) in [5.74, 6) is -1.37. The maximum Gasteiger partial charge on any atom is 0.347 e. The molecule has 5 nitrogen and oxygen atoms in total. The van der Waals surface area contributed by atoms with Gasteiger partial charge in [-0.1, -0.05) is 24.3 Å². The van der Waals surface area contributed by atoms with Crippen molar-refractivity contribution in [3.05, 3.63) is 47.2 Å². The predicted octanol–water partition coefficient (Wildman–Crippen LogP) is 2.09. The fourth-order valence-corrected chi connectivity index (χ4v) is 1.69. The van der Waals surface area contributed by atoms with Crippen LogP contribution in [0, 0.1) is 6.92 Å². The number of nitrogens with one attached hydrogen (secondary N) is 1. The maximum absolute atomic E-state index is 11.7. The summed E-state index contributed by atoms with van der Waals surface area (Å²) < 4.78 is 9.70. The van der Waals surface area contributed by atoms with E-state index in [1.54, 1.807) is 13.8 Å². The molecule has 1 aromatic carbocycles. The molecule has 0 aromatic heterocycles. The van der Waals surface area contributed by atoms with Crippen LogP contribution in [0.15, 0.2) is 36.0 Å². The van der Waals surface area contributed by atoms with Crippen LogP contribution in [0.5, 0.6) is 0 Å². The number of ether oxygens (including phenoxy) is 2. The highest BCUT2D eigenvalue weighted by Crippen LogP contribution is 2.07. The van der Waals surface area contributed by atoms with Gasteiger partial charge in [0.05, 0.1) is 13.2 Å². The Morgan fingerprint density at radius 1 is 1.10 bits per heavy atom. The quantitative estimate of drug-likeness (QED) is 0.361. The van der Waals surface area contributed by atoms with Gasteiger partial charge in [-0.3, -0.25) is 0 Å². The van der Waals surface area contributed by atoms with Crippen molar-refractivity contribution in [3.8, 4) is 0 Å². The van der Waals surface area contributed by atoms with E-state index < -0.39 is 11.9 Å². The van der Waals surface area contributed by atoms with Crippen LogP contribution in [0.25, 0.3) is 0 Å². The molecule has 114 valence electrons. The molecule has 0 saturated heterocycles. The van der Waals surface area contributed by atoms with Gasteiger partial charge in [-0.25, -0.2) is 9.59 Å². The van der Waals surface area contributed by atoms with E-state index in [1.807, 2.05) is 31.2 Å². The summed E-state index contributed by atoms with van der Waals surface area (Å²) >= 11 is 0. The Balaban J connectivity index is 2.76. The molecule has 0 amide bonds. The van der Waals surface area contributed by atoms with Gasteiger partial charge in [-0.2, -0.15) is 0 Å². The van der Waals surface area contributed by atoms with Crippen LogP contribution < -0.4 is 5.32 Å². The van der Waals surface area contributed by atoms with E-state index in [4.69, 9.17) is 9.47 Å². The minimum Gasteiger partial charge on any atom is -0.462 e. The average molecular weight is 291 g/mol. The van der Waals surface area contributed by atoms with Crippen LogP contribution >= 0.6 is 0 Å². The molecule has 1 N–H and O–H groups in total. The Bertz CT molecular complexity index is 503. The van der Waals surface area contributed by atoms with Gasteiger partial charge in [-0.15, -0.1) is 0 Å². The number of rotatable bonds is 7. The molecule has 5 heteroatoms. The van der Waals surface area contributed by atoms with Gasteiger partial charge < -0.3 is 14.8 Å². The summed E-state index contributed by atoms with van der Waals surface area (Å²) in [6, 6.07) is 7.87. The van der Waals surface area contributed by atoms with Crippen LogP contribution in [0.4, 0.5) is 0 Å². The number of hydrogen-bond acceptors (Lipinski definition) is 5. The molecule has 1 aromatic rings. The minimum atomic E-state index is -0.687. The van der Waals surface area contributed by atoms with E-state index >= 15 is 0 Å². The molecule has 0 aliphatic heterocycles. The fourth-order valence-electron chi connectivity index (χ4n) is 1.69. The van der Waals surface area contributed by atoms with Crippen molar-refractivity contribution in [2.24, 2.45) is 0 Å². The SMILES string of the molecule is CCOC(=O)C(=CNCc1ccccc1C)C(=O)OCC. The standard InChI is InChI=1S/C16H21NO4/c1-4-20-15(18)14(16(19)21-5-2)11-17-10-13-9-7-6-8-12(13)3/h6-9,11,17H,4-5,10H2,1-3H3. The van der Waals surface area contributed by atoms with Crippen LogP contribution in [0.1, 0.15) is 25.0 Å². The topological polar surface area (TPSA) is 64.6 Å². The monoisotopic (exact) mass is 291 g/mol. The van der Waals surface area contributed by atoms with Crippen molar-refractivity contribution < 1.29 is 19.1 Å². The van der Waals surface area contributed by atoms with Gasteiger partial charge in [0.15, 0.2) is 5.57 Å². The fraction of sp³-hybridized carbons (Fsp3) is 0.375. The van der Waals surface area contributed by atoms with Crippen molar-refractivity contribution in [1.82, 2.24) is 5.32 Å². The summed E-state index contributed by atoms with van der Waals surface area (Å²) in [6.07, 6.45) is 1.35. The first-order valence-electron chi connectivity index (χ1n) is 6.92. The molecule has 0 spiro atoms. The van der Waals surface area contributed by atoms with Crippen molar-refractivity contribution in [2.75, 3.05) is 13.2 Å². The smallest absolute Gasteiger partial charge is 0.347 e. The first-order valence-corrected chi connectivity index (χ1v) is 6.92. The third-order valence-corrected chi connectivity index (χ3v) is 2.79. The molecule has 0 atom stereocenters. The van der Waals surface area contributed by atoms with Gasteiger partial charge in [-0.05, 0) is 31.9 Å². The molecule has 1 rings (SSSR count). The summed E-state index contributed by atoms with van der Waals surface area (Å²) in [7, 11) is 0. The highest BCUT2D eigenvalue weighted by molar-refractivity contribution is 6.13. The van der Waals surface area contributed by atoms with E-state index in [0.29, 0.717) is 6.54 Å². The van der Waals surface area contributed by atoms with Crippen molar-refractivity contribution in [3.63, 3.8) is 0 Å². The molecule has 0 aliphatic carbocycles. The normalized spacial score (nSPS) is 9.67. The largest absolute Gasteiger partial charge is 0.462 e. The lowest BCUT2D eigenvalue weighted by Crippen LogP contribution is -2.21. The van der Waals surface area contributed by atoms with E-state index in [-0.39, 0.29) is 18.8 Å². The third-order valence-electron chi connectivity index (χ3n) is 2.79. The molecule has 0 aliphatic rings. The molecule has 21 heavy (non-hydrogen) atoms. The zero-order chi connectivity index (χ0) is 15.7. The van der Waals surface area contributed by atoms with Gasteiger partial charge in [0, 0.05) is 12.7 Å². The zero-order valence-electron chi connectivity index (χ0n) is 12.6. The number of benzene rings is 1. The Morgan fingerprint density at radius 2 is 1.67 bits per heavy atom. The summed E-state index contributed by atoms with van der Waals surface area (Å²) in [5.41, 5.74) is 2.08. The van der Waals surface area contributed by atoms with Crippen molar-refractivity contribution >= 4 is 11.9 Å². The van der Waals surface area contributed by atoms with Gasteiger partial charge in [0.2, 0.25) is 0 Å². The highest BCUT2D eigenvalue weighted by Gasteiger charge is 2.20. The predicted molar refractivity (Wildman–Crippen MR) is 79.4 cm³/mol. The highest BCUT2D eigenvalue weighted by atomic mass is 16.6. The number of hydrogen-bond donors (Lipinski definition) is 1. The lowest BCUT2D eigenvalue weighted by molar-refractivity contribution is -0.146. The van der Waals surface area contributed by atoms with Crippen molar-refractivity contribution in [2.45, 2.75) is 27.3 Å². The first-order chi connectivity index (χ1) is 10.1. The Labute approximate surface area is 124 Å². The van der Waals surface area contributed by atoms with Gasteiger partial charge in [0.1, 0.15) is 0 Å². The van der Waals surface area contributed by atoms with E-state index in [1.165, 1.54) is 6.20 Å². The molecule has 0 unspecified atom stereocenters. The molecule has 0 fully saturated rings. The average Bonchev–Trinajstić information content (AvgIpc) is 2.45. The molecular weight excluding hydrogens is 270 g/mol. The lowest BCUT2D eigenvalue weighted by atomic mass is 10.1. The number of carbonyl (C=O) groups is 2. The Hall–Kier alpha value is -2.30. The third kappa shape index (κ3) is 5.30. The van der Waals surface area contributed by atoms with Crippen LogP contribution in [-0.4, -0.2) is 25.2 Å². The molecule has 0 bridgehead atoms. The minimum absolute atomic E-state index is 0.132. The second-order valence-electron chi connectivity index (χ2n) is 4.31. The summed E-state index contributed by atoms with van der Waals surface area (Å²) in [6.45, 7) is 6.27. The van der Waals surface area contributed by atoms with E-state index in [0.717, 1.165) is 11.1 Å². The van der Waals surface area contributed by atoms with E-state index in [2.05, 4.69) is 5.32 Å². The zero-order valence-corrected chi connectivity index (χ0v) is 12.6. The summed E-state index contributed by atoms with van der Waals surface area (Å²) in [4.78, 5) is 23.5. The molecule has 0 saturated carbocycles. The first kappa shape index (κ1) is 16.8. The molecule has 0 heterocycles. The van der Waals surface area contributed by atoms with Gasteiger partial charge >= 0.3 is 11.9 Å². The lowest BCUT2D eigenvalue weighted by Gasteiger charge is -2.08. The van der Waals surface area contributed by atoms with Crippen molar-refractivity contribution in [1.29, 1.82) is 0 Å². The van der Waals surface area contributed by atoms with E-state index in [9.17, 15) is 9.59 Å². The number of aryl methyl sites for hydroxylation is 1. The molecule has 0 radical (unpaired) electrons. The van der Waals surface area contributed by atoms with Crippen LogP contribution in [0.3, 0.4) is 0 Å². The van der Waals surface area contributed by atoms with Gasteiger partial charge in [0.25, 0.3) is 0 Å². The molecular formula is C16H21NO4. The second-order valence-corrected chi connectivity index (χ2v) is 4.31. The number of esters is 2. The second kappa shape index (κ2) is 8.79. The Kier molecular flexibility index (Phi) is 7.01. The Morgan fingerprint density at radius 3 is 2.19 bits per heavy atom. The van der Waals surface area contributed by atoms with Crippen LogP contribution in [-0.2, 0) is 25.6 Å².